The second kappa shape index (κ2) is 7.91. The van der Waals surface area contributed by atoms with Crippen LogP contribution in [0.3, 0.4) is 0 Å². The maximum atomic E-state index is 5.90. The first kappa shape index (κ1) is 16.5. The third-order valence-corrected chi connectivity index (χ3v) is 3.21. The molecule has 0 radical (unpaired) electrons. The van der Waals surface area contributed by atoms with E-state index < -0.39 is 0 Å². The Morgan fingerprint density at radius 2 is 1.85 bits per heavy atom. The van der Waals surface area contributed by atoms with Crippen molar-refractivity contribution < 1.29 is 0 Å². The Hall–Kier alpha value is -1.53. The molecule has 0 amide bonds. The number of guanidine groups is 2. The van der Waals surface area contributed by atoms with Crippen molar-refractivity contribution in [2.45, 2.75) is 6.42 Å². The smallest absolute Gasteiger partial charge is 0.223 e. The molecule has 1 aliphatic rings. The highest BCUT2D eigenvalue weighted by atomic mass is 79.9. The lowest BCUT2D eigenvalue weighted by Crippen LogP contribution is -2.40. The molecule has 4 N–H and O–H groups in total. The van der Waals surface area contributed by atoms with E-state index in [2.05, 4.69) is 38.1 Å². The van der Waals surface area contributed by atoms with Crippen LogP contribution >= 0.6 is 28.3 Å². The first-order valence-corrected chi connectivity index (χ1v) is 6.78. The fourth-order valence-electron chi connectivity index (χ4n) is 1.71. The van der Waals surface area contributed by atoms with Crippen LogP contribution in [-0.4, -0.2) is 29.9 Å². The van der Waals surface area contributed by atoms with Gasteiger partial charge in [-0.3, -0.25) is 0 Å². The quantitative estimate of drug-likeness (QED) is 0.459. The lowest BCUT2D eigenvalue weighted by molar-refractivity contribution is 0.450. The second-order valence-corrected chi connectivity index (χ2v) is 5.04. The summed E-state index contributed by atoms with van der Waals surface area (Å²) in [6.45, 7) is 1.62. The standard InChI is InChI=1S/C13H16BrN5.ClH/c14-10-4-6-11(7-5-10)17-12(15)18-13(16)19-8-2-1-3-9-19;/h1-2,4-7H,3,8-9H2,(H4,15,16,17,18);1H. The zero-order valence-electron chi connectivity index (χ0n) is 10.9. The molecule has 0 atom stereocenters. The molecule has 2 rings (SSSR count). The van der Waals surface area contributed by atoms with E-state index in [0.29, 0.717) is 5.96 Å². The lowest BCUT2D eigenvalue weighted by atomic mass is 10.3. The Morgan fingerprint density at radius 3 is 2.45 bits per heavy atom. The van der Waals surface area contributed by atoms with Gasteiger partial charge in [0.25, 0.3) is 0 Å². The van der Waals surface area contributed by atoms with Gasteiger partial charge >= 0.3 is 0 Å². The average Bonchev–Trinajstić information content (AvgIpc) is 2.42. The molecular weight excluding hydrogens is 342 g/mol. The van der Waals surface area contributed by atoms with E-state index in [-0.39, 0.29) is 18.4 Å². The number of nitrogens with two attached hydrogens (primary N) is 2. The lowest BCUT2D eigenvalue weighted by Gasteiger charge is -2.23. The van der Waals surface area contributed by atoms with Gasteiger partial charge in [0.1, 0.15) is 0 Å². The van der Waals surface area contributed by atoms with Gasteiger partial charge in [-0.2, -0.15) is 4.99 Å². The molecule has 0 saturated heterocycles. The molecule has 0 saturated carbocycles. The van der Waals surface area contributed by atoms with Gasteiger partial charge in [0, 0.05) is 17.6 Å². The normalized spacial score (nSPS) is 15.9. The van der Waals surface area contributed by atoms with Crippen LogP contribution in [0.5, 0.6) is 0 Å². The molecule has 1 aromatic rings. The van der Waals surface area contributed by atoms with E-state index >= 15 is 0 Å². The van der Waals surface area contributed by atoms with E-state index in [1.54, 1.807) is 0 Å². The number of benzene rings is 1. The minimum atomic E-state index is 0. The van der Waals surface area contributed by atoms with E-state index in [1.807, 2.05) is 29.2 Å². The molecule has 108 valence electrons. The Morgan fingerprint density at radius 1 is 1.15 bits per heavy atom. The number of aliphatic imine (C=N–C) groups is 2. The number of nitrogens with zero attached hydrogens (tertiary/aromatic N) is 3. The summed E-state index contributed by atoms with van der Waals surface area (Å²) in [5, 5.41) is 0. The van der Waals surface area contributed by atoms with Gasteiger partial charge in [0.15, 0.2) is 5.96 Å². The second-order valence-electron chi connectivity index (χ2n) is 4.12. The van der Waals surface area contributed by atoms with Crippen LogP contribution < -0.4 is 11.5 Å². The summed E-state index contributed by atoms with van der Waals surface area (Å²) in [6, 6.07) is 7.50. The molecule has 0 spiro atoms. The summed E-state index contributed by atoms with van der Waals surface area (Å²) in [6.07, 6.45) is 5.16. The monoisotopic (exact) mass is 357 g/mol. The van der Waals surface area contributed by atoms with Crippen LogP contribution in [0, 0.1) is 0 Å². The van der Waals surface area contributed by atoms with Crippen molar-refractivity contribution in [2.24, 2.45) is 21.5 Å². The molecule has 0 fully saturated rings. The van der Waals surface area contributed by atoms with E-state index in [9.17, 15) is 0 Å². The van der Waals surface area contributed by atoms with Crippen LogP contribution in [-0.2, 0) is 0 Å². The van der Waals surface area contributed by atoms with Crippen LogP contribution in [0.15, 0.2) is 50.9 Å². The summed E-state index contributed by atoms with van der Waals surface area (Å²) < 4.78 is 0.994. The molecule has 1 aliphatic heterocycles. The van der Waals surface area contributed by atoms with Crippen molar-refractivity contribution in [3.63, 3.8) is 0 Å². The van der Waals surface area contributed by atoms with Crippen LogP contribution in [0.25, 0.3) is 0 Å². The zero-order chi connectivity index (χ0) is 13.7. The maximum Gasteiger partial charge on any atom is 0.223 e. The fourth-order valence-corrected chi connectivity index (χ4v) is 1.97. The van der Waals surface area contributed by atoms with E-state index in [1.165, 1.54) is 0 Å². The van der Waals surface area contributed by atoms with Gasteiger partial charge in [-0.05, 0) is 30.7 Å². The van der Waals surface area contributed by atoms with E-state index in [0.717, 1.165) is 29.7 Å². The van der Waals surface area contributed by atoms with Gasteiger partial charge in [0.05, 0.1) is 5.69 Å². The molecule has 20 heavy (non-hydrogen) atoms. The Balaban J connectivity index is 0.00000200. The fraction of sp³-hybridized carbons (Fsp3) is 0.231. The molecule has 1 heterocycles. The summed E-state index contributed by atoms with van der Waals surface area (Å²) in [5.41, 5.74) is 12.4. The SMILES string of the molecule is Cl.NC(=Nc1ccc(Br)cc1)N=C(N)N1CC=CCC1. The van der Waals surface area contributed by atoms with Crippen molar-refractivity contribution in [1.82, 2.24) is 4.90 Å². The zero-order valence-corrected chi connectivity index (χ0v) is 13.3. The van der Waals surface area contributed by atoms with Crippen LogP contribution in [0.4, 0.5) is 5.69 Å². The molecule has 0 aromatic heterocycles. The molecule has 0 bridgehead atoms. The number of hydrogen-bond donors (Lipinski definition) is 2. The Kier molecular flexibility index (Phi) is 6.54. The molecule has 1 aromatic carbocycles. The number of rotatable bonds is 1. The average molecular weight is 359 g/mol. The molecule has 0 aliphatic carbocycles. The highest BCUT2D eigenvalue weighted by Crippen LogP contribution is 2.16. The van der Waals surface area contributed by atoms with Crippen LogP contribution in [0.1, 0.15) is 6.42 Å². The van der Waals surface area contributed by atoms with Gasteiger partial charge in [0.2, 0.25) is 5.96 Å². The van der Waals surface area contributed by atoms with Gasteiger partial charge in [-0.25, -0.2) is 4.99 Å². The Bertz CT molecular complexity index is 524. The maximum absolute atomic E-state index is 5.90. The molecule has 5 nitrogen and oxygen atoms in total. The third kappa shape index (κ3) is 4.86. The van der Waals surface area contributed by atoms with Crippen molar-refractivity contribution in [3.8, 4) is 0 Å². The van der Waals surface area contributed by atoms with Crippen molar-refractivity contribution in [2.75, 3.05) is 13.1 Å². The minimum Gasteiger partial charge on any atom is -0.369 e. The third-order valence-electron chi connectivity index (χ3n) is 2.68. The minimum absolute atomic E-state index is 0. The van der Waals surface area contributed by atoms with Crippen molar-refractivity contribution in [3.05, 3.63) is 40.9 Å². The molecule has 0 unspecified atom stereocenters. The van der Waals surface area contributed by atoms with Gasteiger partial charge in [-0.15, -0.1) is 12.4 Å². The predicted molar refractivity (Wildman–Crippen MR) is 89.6 cm³/mol. The first-order chi connectivity index (χ1) is 9.15. The largest absolute Gasteiger partial charge is 0.369 e. The topological polar surface area (TPSA) is 80.0 Å². The van der Waals surface area contributed by atoms with Crippen molar-refractivity contribution >= 4 is 45.9 Å². The summed E-state index contributed by atoms with van der Waals surface area (Å²) in [7, 11) is 0. The summed E-state index contributed by atoms with van der Waals surface area (Å²) in [4.78, 5) is 10.3. The predicted octanol–water partition coefficient (Wildman–Crippen LogP) is 2.39. The van der Waals surface area contributed by atoms with Gasteiger partial charge in [-0.1, -0.05) is 28.1 Å². The van der Waals surface area contributed by atoms with E-state index in [4.69, 9.17) is 11.5 Å². The summed E-state index contributed by atoms with van der Waals surface area (Å²) >= 11 is 3.36. The van der Waals surface area contributed by atoms with Gasteiger partial charge < -0.3 is 16.4 Å². The molecular formula is C13H17BrClN5. The van der Waals surface area contributed by atoms with Crippen LogP contribution in [0.2, 0.25) is 0 Å². The Labute approximate surface area is 133 Å². The highest BCUT2D eigenvalue weighted by Gasteiger charge is 2.08. The highest BCUT2D eigenvalue weighted by molar-refractivity contribution is 9.10. The molecule has 7 heteroatoms. The van der Waals surface area contributed by atoms with Crippen molar-refractivity contribution in [1.29, 1.82) is 0 Å². The summed E-state index contributed by atoms with van der Waals surface area (Å²) in [5.74, 6) is 0.567. The first-order valence-electron chi connectivity index (χ1n) is 5.99. The number of halogens is 2. The number of hydrogen-bond acceptors (Lipinski definition) is 1.